The highest BCUT2D eigenvalue weighted by atomic mass is 32.1. The van der Waals surface area contributed by atoms with E-state index in [4.69, 9.17) is 4.74 Å². The molecule has 0 N–H and O–H groups in total. The van der Waals surface area contributed by atoms with Crippen molar-refractivity contribution in [2.45, 2.75) is 20.0 Å². The minimum absolute atomic E-state index is 0.0682. The minimum atomic E-state index is 0.0682. The molecule has 1 aromatic heterocycles. The minimum Gasteiger partial charge on any atom is -0.371 e. The van der Waals surface area contributed by atoms with Crippen LogP contribution in [0, 0.1) is 0 Å². The van der Waals surface area contributed by atoms with Crippen molar-refractivity contribution in [3.8, 4) is 0 Å². The highest BCUT2D eigenvalue weighted by Gasteiger charge is 2.06. The zero-order valence-corrected chi connectivity index (χ0v) is 8.06. The second-order valence-corrected chi connectivity index (χ2v) is 3.71. The molecule has 0 atom stereocenters. The predicted molar refractivity (Wildman–Crippen MR) is 49.7 cm³/mol. The zero-order chi connectivity index (χ0) is 8.97. The third kappa shape index (κ3) is 2.75. The normalized spacial score (nSPS) is 10.6. The van der Waals surface area contributed by atoms with E-state index in [-0.39, 0.29) is 18.5 Å². The van der Waals surface area contributed by atoms with Crippen molar-refractivity contribution in [3.05, 3.63) is 22.4 Å². The Labute approximate surface area is 76.2 Å². The van der Waals surface area contributed by atoms with Crippen LogP contribution in [0.3, 0.4) is 0 Å². The fraction of sp³-hybridized carbons (Fsp3) is 0.444. The van der Waals surface area contributed by atoms with Crippen LogP contribution in [0.2, 0.25) is 0 Å². The number of ketones is 1. The van der Waals surface area contributed by atoms with Gasteiger partial charge in [0, 0.05) is 0 Å². The van der Waals surface area contributed by atoms with E-state index in [0.29, 0.717) is 0 Å². The Morgan fingerprint density at radius 3 is 2.92 bits per heavy atom. The van der Waals surface area contributed by atoms with E-state index in [0.717, 1.165) is 4.88 Å². The maximum absolute atomic E-state index is 11.3. The number of thiophene rings is 1. The maximum atomic E-state index is 11.3. The lowest BCUT2D eigenvalue weighted by Gasteiger charge is -2.04. The summed E-state index contributed by atoms with van der Waals surface area (Å²) in [4.78, 5) is 12.1. The fourth-order valence-corrected chi connectivity index (χ4v) is 1.40. The van der Waals surface area contributed by atoms with Crippen LogP contribution in [0.1, 0.15) is 23.5 Å². The average molecular weight is 184 g/mol. The van der Waals surface area contributed by atoms with E-state index in [1.54, 1.807) is 0 Å². The van der Waals surface area contributed by atoms with Crippen molar-refractivity contribution in [1.82, 2.24) is 0 Å². The summed E-state index contributed by atoms with van der Waals surface area (Å²) in [6.45, 7) is 4.03. The van der Waals surface area contributed by atoms with Crippen molar-refractivity contribution < 1.29 is 9.53 Å². The number of rotatable bonds is 4. The van der Waals surface area contributed by atoms with Gasteiger partial charge in [-0.25, -0.2) is 0 Å². The summed E-state index contributed by atoms with van der Waals surface area (Å²) in [5.41, 5.74) is 0. The van der Waals surface area contributed by atoms with Crippen molar-refractivity contribution in [2.75, 3.05) is 6.61 Å². The molecule has 0 bridgehead atoms. The van der Waals surface area contributed by atoms with Gasteiger partial charge in [0.15, 0.2) is 5.78 Å². The summed E-state index contributed by atoms with van der Waals surface area (Å²) in [5.74, 6) is 0.0682. The summed E-state index contributed by atoms with van der Waals surface area (Å²) >= 11 is 1.45. The number of carbonyl (C=O) groups excluding carboxylic acids is 1. The Hall–Kier alpha value is -0.670. The highest BCUT2D eigenvalue weighted by molar-refractivity contribution is 7.12. The second kappa shape index (κ2) is 4.38. The van der Waals surface area contributed by atoms with E-state index in [1.807, 2.05) is 31.4 Å². The molecule has 0 unspecified atom stereocenters. The third-order valence-corrected chi connectivity index (χ3v) is 2.25. The molecule has 0 aromatic carbocycles. The molecule has 0 aliphatic carbocycles. The van der Waals surface area contributed by atoms with Crippen LogP contribution in [0.25, 0.3) is 0 Å². The van der Waals surface area contributed by atoms with Gasteiger partial charge in [0.2, 0.25) is 0 Å². The molecule has 0 saturated carbocycles. The SMILES string of the molecule is CC(C)OCC(=O)c1cccs1. The highest BCUT2D eigenvalue weighted by Crippen LogP contribution is 2.09. The van der Waals surface area contributed by atoms with Gasteiger partial charge in [0.25, 0.3) is 0 Å². The van der Waals surface area contributed by atoms with E-state index >= 15 is 0 Å². The third-order valence-electron chi connectivity index (χ3n) is 1.34. The molecular formula is C9H12O2S. The first-order valence-electron chi connectivity index (χ1n) is 3.88. The van der Waals surface area contributed by atoms with Crippen molar-refractivity contribution in [1.29, 1.82) is 0 Å². The lowest BCUT2D eigenvalue weighted by Crippen LogP contribution is -2.12. The Bertz CT molecular complexity index is 239. The molecule has 0 amide bonds. The predicted octanol–water partition coefficient (Wildman–Crippen LogP) is 2.36. The van der Waals surface area contributed by atoms with E-state index < -0.39 is 0 Å². The number of hydrogen-bond donors (Lipinski definition) is 0. The van der Waals surface area contributed by atoms with Gasteiger partial charge in [0.05, 0.1) is 11.0 Å². The van der Waals surface area contributed by atoms with Crippen molar-refractivity contribution in [2.24, 2.45) is 0 Å². The molecule has 0 saturated heterocycles. The molecule has 1 heterocycles. The van der Waals surface area contributed by atoms with Crippen LogP contribution in [0.15, 0.2) is 17.5 Å². The smallest absolute Gasteiger partial charge is 0.198 e. The maximum Gasteiger partial charge on any atom is 0.198 e. The van der Waals surface area contributed by atoms with Crippen LogP contribution in [0.5, 0.6) is 0 Å². The molecule has 0 fully saturated rings. The first-order valence-corrected chi connectivity index (χ1v) is 4.76. The molecule has 2 nitrogen and oxygen atoms in total. The average Bonchev–Trinajstić information content (AvgIpc) is 2.51. The van der Waals surface area contributed by atoms with Gasteiger partial charge >= 0.3 is 0 Å². The lowest BCUT2D eigenvalue weighted by molar-refractivity contribution is 0.0588. The molecule has 0 aliphatic rings. The van der Waals surface area contributed by atoms with Gasteiger partial charge < -0.3 is 4.74 Å². The summed E-state index contributed by atoms with van der Waals surface area (Å²) in [6.07, 6.45) is 0.119. The molecule has 0 aliphatic heterocycles. The summed E-state index contributed by atoms with van der Waals surface area (Å²) in [7, 11) is 0. The first kappa shape index (κ1) is 9.42. The van der Waals surface area contributed by atoms with Crippen LogP contribution >= 0.6 is 11.3 Å². The number of Topliss-reactive ketones (excluding diaryl/α,β-unsaturated/α-hetero) is 1. The van der Waals surface area contributed by atoms with Crippen LogP contribution < -0.4 is 0 Å². The molecule has 1 aromatic rings. The molecule has 0 spiro atoms. The van der Waals surface area contributed by atoms with Gasteiger partial charge in [0.1, 0.15) is 6.61 Å². The van der Waals surface area contributed by atoms with Crippen LogP contribution in [-0.4, -0.2) is 18.5 Å². The topological polar surface area (TPSA) is 26.3 Å². The molecule has 66 valence electrons. The molecule has 3 heteroatoms. The van der Waals surface area contributed by atoms with Crippen molar-refractivity contribution in [3.63, 3.8) is 0 Å². The summed E-state index contributed by atoms with van der Waals surface area (Å²) in [6, 6.07) is 3.68. The lowest BCUT2D eigenvalue weighted by atomic mass is 10.3. The van der Waals surface area contributed by atoms with Gasteiger partial charge in [-0.3, -0.25) is 4.79 Å². The van der Waals surface area contributed by atoms with Crippen LogP contribution in [0.4, 0.5) is 0 Å². The van der Waals surface area contributed by atoms with E-state index in [9.17, 15) is 4.79 Å². The number of ether oxygens (including phenoxy) is 1. The monoisotopic (exact) mass is 184 g/mol. The van der Waals surface area contributed by atoms with Crippen molar-refractivity contribution >= 4 is 17.1 Å². The molecule has 1 rings (SSSR count). The Morgan fingerprint density at radius 2 is 2.42 bits per heavy atom. The molecular weight excluding hydrogens is 172 g/mol. The number of carbonyl (C=O) groups is 1. The fourth-order valence-electron chi connectivity index (χ4n) is 0.751. The zero-order valence-electron chi connectivity index (χ0n) is 7.24. The number of hydrogen-bond acceptors (Lipinski definition) is 3. The first-order chi connectivity index (χ1) is 5.70. The molecule has 12 heavy (non-hydrogen) atoms. The second-order valence-electron chi connectivity index (χ2n) is 2.76. The van der Waals surface area contributed by atoms with Crippen LogP contribution in [-0.2, 0) is 4.74 Å². The van der Waals surface area contributed by atoms with Gasteiger partial charge in [-0.15, -0.1) is 11.3 Å². The summed E-state index contributed by atoms with van der Waals surface area (Å²) in [5, 5.41) is 1.89. The van der Waals surface area contributed by atoms with Gasteiger partial charge in [-0.1, -0.05) is 6.07 Å². The molecule has 0 radical (unpaired) electrons. The van der Waals surface area contributed by atoms with E-state index in [1.165, 1.54) is 11.3 Å². The Morgan fingerprint density at radius 1 is 1.67 bits per heavy atom. The van der Waals surface area contributed by atoms with E-state index in [2.05, 4.69) is 0 Å². The summed E-state index contributed by atoms with van der Waals surface area (Å²) < 4.78 is 5.18. The van der Waals surface area contributed by atoms with Gasteiger partial charge in [-0.2, -0.15) is 0 Å². The Kier molecular flexibility index (Phi) is 3.44. The van der Waals surface area contributed by atoms with Gasteiger partial charge in [-0.05, 0) is 25.3 Å². The standard InChI is InChI=1S/C9H12O2S/c1-7(2)11-6-8(10)9-4-3-5-12-9/h3-5,7H,6H2,1-2H3. The quantitative estimate of drug-likeness (QED) is 0.671. The largest absolute Gasteiger partial charge is 0.371 e. The Balaban J connectivity index is 2.40.